The number of carbonyl (C=O) groups excluding carboxylic acids is 1. The minimum Gasteiger partial charge on any atom is -0.507 e. The van der Waals surface area contributed by atoms with Crippen LogP contribution in [-0.4, -0.2) is 17.7 Å². The molecular formula is C19H30O3. The summed E-state index contributed by atoms with van der Waals surface area (Å²) in [5.41, 5.74) is 1.55. The Balaban J connectivity index is 3.39. The van der Waals surface area contributed by atoms with Gasteiger partial charge in [-0.3, -0.25) is 0 Å². The van der Waals surface area contributed by atoms with Crippen molar-refractivity contribution in [3.63, 3.8) is 0 Å². The van der Waals surface area contributed by atoms with Gasteiger partial charge in [-0.2, -0.15) is 0 Å². The van der Waals surface area contributed by atoms with Crippen LogP contribution in [0.15, 0.2) is 12.1 Å². The summed E-state index contributed by atoms with van der Waals surface area (Å²) < 4.78 is 5.34. The zero-order chi connectivity index (χ0) is 17.3. The molecule has 3 nitrogen and oxygen atoms in total. The minimum absolute atomic E-state index is 0.252. The third kappa shape index (κ3) is 4.49. The SMILES string of the molecule is CC(C)COC(=O)c1cc(C(C)(C)C)c(O)c(C(C)(C)C)c1. The molecule has 0 heterocycles. The average molecular weight is 306 g/mol. The van der Waals surface area contributed by atoms with E-state index in [1.807, 2.05) is 55.4 Å². The molecule has 3 heteroatoms. The van der Waals surface area contributed by atoms with Crippen LogP contribution in [0.4, 0.5) is 0 Å². The Morgan fingerprint density at radius 3 is 1.77 bits per heavy atom. The van der Waals surface area contributed by atoms with Gasteiger partial charge in [-0.15, -0.1) is 0 Å². The van der Waals surface area contributed by atoms with E-state index in [-0.39, 0.29) is 22.5 Å². The summed E-state index contributed by atoms with van der Waals surface area (Å²) in [5.74, 6) is 0.246. The molecule has 0 fully saturated rings. The summed E-state index contributed by atoms with van der Waals surface area (Å²) in [6.07, 6.45) is 0. The van der Waals surface area contributed by atoms with E-state index in [9.17, 15) is 9.90 Å². The maximum Gasteiger partial charge on any atom is 0.338 e. The molecule has 0 saturated heterocycles. The lowest BCUT2D eigenvalue weighted by molar-refractivity contribution is 0.0458. The predicted octanol–water partition coefficient (Wildman–Crippen LogP) is 4.80. The highest BCUT2D eigenvalue weighted by Crippen LogP contribution is 2.39. The first kappa shape index (κ1) is 18.5. The summed E-state index contributed by atoms with van der Waals surface area (Å²) in [7, 11) is 0. The molecule has 0 radical (unpaired) electrons. The van der Waals surface area contributed by atoms with Crippen molar-refractivity contribution < 1.29 is 14.6 Å². The van der Waals surface area contributed by atoms with Crippen LogP contribution in [0, 0.1) is 5.92 Å². The molecular weight excluding hydrogens is 276 g/mol. The van der Waals surface area contributed by atoms with E-state index >= 15 is 0 Å². The molecule has 0 aliphatic rings. The maximum atomic E-state index is 12.3. The highest BCUT2D eigenvalue weighted by atomic mass is 16.5. The zero-order valence-electron chi connectivity index (χ0n) is 15.2. The molecule has 124 valence electrons. The zero-order valence-corrected chi connectivity index (χ0v) is 15.2. The van der Waals surface area contributed by atoms with Crippen LogP contribution >= 0.6 is 0 Å². The number of rotatable bonds is 3. The molecule has 1 N–H and O–H groups in total. The van der Waals surface area contributed by atoms with Gasteiger partial charge in [0, 0.05) is 11.1 Å². The summed E-state index contributed by atoms with van der Waals surface area (Å²) in [6, 6.07) is 3.51. The van der Waals surface area contributed by atoms with Crippen LogP contribution < -0.4 is 0 Å². The molecule has 0 spiro atoms. The molecule has 0 aliphatic carbocycles. The van der Waals surface area contributed by atoms with Crippen LogP contribution in [0.25, 0.3) is 0 Å². The Kier molecular flexibility index (Phi) is 5.32. The number of carbonyl (C=O) groups is 1. The van der Waals surface area contributed by atoms with Crippen LogP contribution in [0.1, 0.15) is 76.9 Å². The summed E-state index contributed by atoms with van der Waals surface area (Å²) in [5, 5.41) is 10.6. The van der Waals surface area contributed by atoms with E-state index in [2.05, 4.69) is 0 Å². The lowest BCUT2D eigenvalue weighted by Crippen LogP contribution is -2.19. The van der Waals surface area contributed by atoms with Crippen LogP contribution in [-0.2, 0) is 15.6 Å². The first-order valence-corrected chi connectivity index (χ1v) is 7.89. The Morgan fingerprint density at radius 2 is 1.45 bits per heavy atom. The fraction of sp³-hybridized carbons (Fsp3) is 0.632. The van der Waals surface area contributed by atoms with Crippen LogP contribution in [0.3, 0.4) is 0 Å². The normalized spacial score (nSPS) is 12.6. The number of esters is 1. The number of ether oxygens (including phenoxy) is 1. The van der Waals surface area contributed by atoms with Crippen molar-refractivity contribution in [2.45, 2.75) is 66.2 Å². The van der Waals surface area contributed by atoms with E-state index < -0.39 is 0 Å². The lowest BCUT2D eigenvalue weighted by Gasteiger charge is -2.28. The Bertz CT molecular complexity index is 508. The largest absolute Gasteiger partial charge is 0.507 e. The standard InChI is InChI=1S/C19H30O3/c1-12(2)11-22-17(21)13-9-14(18(3,4)5)16(20)15(10-13)19(6,7)8/h9-10,12,20H,11H2,1-8H3. The smallest absolute Gasteiger partial charge is 0.338 e. The number of aromatic hydroxyl groups is 1. The number of benzene rings is 1. The summed E-state index contributed by atoms with van der Waals surface area (Å²) in [4.78, 5) is 12.3. The molecule has 0 aromatic heterocycles. The second kappa shape index (κ2) is 6.31. The quantitative estimate of drug-likeness (QED) is 0.816. The minimum atomic E-state index is -0.329. The molecule has 0 saturated carbocycles. The van der Waals surface area contributed by atoms with Crippen molar-refractivity contribution >= 4 is 5.97 Å². The number of phenolic OH excluding ortho intramolecular Hbond substituents is 1. The average Bonchev–Trinajstić information content (AvgIpc) is 2.33. The maximum absolute atomic E-state index is 12.3. The van der Waals surface area contributed by atoms with E-state index in [0.717, 1.165) is 11.1 Å². The summed E-state index contributed by atoms with van der Waals surface area (Å²) >= 11 is 0. The van der Waals surface area contributed by atoms with Gasteiger partial charge in [-0.1, -0.05) is 55.4 Å². The second-order valence-electron chi connectivity index (χ2n) is 8.41. The Labute approximate surface area is 134 Å². The number of hydrogen-bond acceptors (Lipinski definition) is 3. The third-order valence-electron chi connectivity index (χ3n) is 3.51. The van der Waals surface area contributed by atoms with Crippen LogP contribution in [0.5, 0.6) is 5.75 Å². The fourth-order valence-corrected chi connectivity index (χ4v) is 2.22. The highest BCUT2D eigenvalue weighted by Gasteiger charge is 2.28. The van der Waals surface area contributed by atoms with Crippen molar-refractivity contribution in [3.8, 4) is 5.75 Å². The van der Waals surface area contributed by atoms with E-state index in [0.29, 0.717) is 18.1 Å². The third-order valence-corrected chi connectivity index (χ3v) is 3.51. The van der Waals surface area contributed by atoms with Gasteiger partial charge in [0.25, 0.3) is 0 Å². The molecule has 1 rings (SSSR count). The van der Waals surface area contributed by atoms with Crippen molar-refractivity contribution in [1.82, 2.24) is 0 Å². The van der Waals surface area contributed by atoms with Crippen molar-refractivity contribution in [3.05, 3.63) is 28.8 Å². The van der Waals surface area contributed by atoms with Gasteiger partial charge in [0.15, 0.2) is 0 Å². The molecule has 0 aliphatic heterocycles. The van der Waals surface area contributed by atoms with E-state index in [4.69, 9.17) is 4.74 Å². The van der Waals surface area contributed by atoms with Crippen molar-refractivity contribution in [2.75, 3.05) is 6.61 Å². The molecule has 0 atom stereocenters. The topological polar surface area (TPSA) is 46.5 Å². The van der Waals surface area contributed by atoms with Gasteiger partial charge in [0.05, 0.1) is 12.2 Å². The predicted molar refractivity (Wildman–Crippen MR) is 90.6 cm³/mol. The van der Waals surface area contributed by atoms with Gasteiger partial charge in [-0.25, -0.2) is 4.79 Å². The molecule has 0 bridgehead atoms. The molecule has 22 heavy (non-hydrogen) atoms. The Morgan fingerprint density at radius 1 is 1.05 bits per heavy atom. The Hall–Kier alpha value is -1.51. The van der Waals surface area contributed by atoms with Crippen LogP contribution in [0.2, 0.25) is 0 Å². The van der Waals surface area contributed by atoms with Gasteiger partial charge < -0.3 is 9.84 Å². The van der Waals surface area contributed by atoms with Gasteiger partial charge in [-0.05, 0) is 28.9 Å². The first-order chi connectivity index (χ1) is 9.84. The molecule has 1 aromatic rings. The highest BCUT2D eigenvalue weighted by molar-refractivity contribution is 5.90. The fourth-order valence-electron chi connectivity index (χ4n) is 2.22. The lowest BCUT2D eigenvalue weighted by atomic mass is 9.78. The van der Waals surface area contributed by atoms with Gasteiger partial charge >= 0.3 is 5.97 Å². The van der Waals surface area contributed by atoms with Crippen molar-refractivity contribution in [1.29, 1.82) is 0 Å². The van der Waals surface area contributed by atoms with E-state index in [1.54, 1.807) is 12.1 Å². The monoisotopic (exact) mass is 306 g/mol. The number of hydrogen-bond donors (Lipinski definition) is 1. The van der Waals surface area contributed by atoms with Crippen molar-refractivity contribution in [2.24, 2.45) is 5.92 Å². The number of phenols is 1. The van der Waals surface area contributed by atoms with E-state index in [1.165, 1.54) is 0 Å². The first-order valence-electron chi connectivity index (χ1n) is 7.89. The molecule has 0 amide bonds. The second-order valence-corrected chi connectivity index (χ2v) is 8.41. The van der Waals surface area contributed by atoms with Gasteiger partial charge in [0.2, 0.25) is 0 Å². The van der Waals surface area contributed by atoms with Gasteiger partial charge in [0.1, 0.15) is 5.75 Å². The summed E-state index contributed by atoms with van der Waals surface area (Å²) in [6.45, 7) is 16.6. The molecule has 1 aromatic carbocycles. The molecule has 0 unspecified atom stereocenters.